The lowest BCUT2D eigenvalue weighted by Gasteiger charge is -2.50. The van der Waals surface area contributed by atoms with Crippen LogP contribution in [-0.4, -0.2) is 34.3 Å². The largest absolute Gasteiger partial charge is 0.385 e. The number of piperidine rings is 1. The number of hydrogen-bond acceptors (Lipinski definition) is 3. The molecule has 1 heterocycles. The zero-order valence-electron chi connectivity index (χ0n) is 18.6. The van der Waals surface area contributed by atoms with Gasteiger partial charge in [-0.1, -0.05) is 56.7 Å². The summed E-state index contributed by atoms with van der Waals surface area (Å²) in [7, 11) is 0. The quantitative estimate of drug-likeness (QED) is 0.730. The van der Waals surface area contributed by atoms with E-state index in [1.807, 2.05) is 47.4 Å². The number of carbonyl (C=O) groups excluding carboxylic acids is 2. The Hall–Kier alpha value is -2.46. The number of rotatable bonds is 5. The Bertz CT molecular complexity index is 954. The van der Waals surface area contributed by atoms with Crippen molar-refractivity contribution in [3.05, 3.63) is 70.8 Å². The summed E-state index contributed by atoms with van der Waals surface area (Å²) in [5.41, 5.74) is 2.38. The molecule has 0 radical (unpaired) electrons. The van der Waals surface area contributed by atoms with Crippen molar-refractivity contribution >= 4 is 11.7 Å². The van der Waals surface area contributed by atoms with Crippen LogP contribution >= 0.6 is 0 Å². The SMILES string of the molecule is CCC[C@@H]1[C@H](CC)N(C(=O)c2ccc3c(c2)C(=O)CCC3)CC[C@@]1(O)c1ccccc1. The summed E-state index contributed by atoms with van der Waals surface area (Å²) in [5, 5.41) is 11.8. The third-order valence-electron chi connectivity index (χ3n) is 7.27. The van der Waals surface area contributed by atoms with Crippen LogP contribution in [0.1, 0.15) is 84.2 Å². The standard InChI is InChI=1S/C27H33NO3/c1-3-9-23-24(4-2)28(17-16-27(23,31)21-11-6-5-7-12-21)26(30)20-15-14-19-10-8-13-25(29)22(19)18-20/h5-7,11-12,14-15,18,23-24,31H,3-4,8-10,13,16-17H2,1-2H3/t23-,24+,27-/m1/s1. The normalized spacial score (nSPS) is 25.9. The molecule has 0 aromatic heterocycles. The Kier molecular flexibility index (Phi) is 6.29. The lowest BCUT2D eigenvalue weighted by molar-refractivity contribution is -0.101. The smallest absolute Gasteiger partial charge is 0.254 e. The zero-order chi connectivity index (χ0) is 22.0. The number of ketones is 1. The van der Waals surface area contributed by atoms with Crippen LogP contribution in [-0.2, 0) is 12.0 Å². The highest BCUT2D eigenvalue weighted by atomic mass is 16.3. The van der Waals surface area contributed by atoms with E-state index in [-0.39, 0.29) is 23.7 Å². The van der Waals surface area contributed by atoms with Crippen molar-refractivity contribution in [2.45, 2.75) is 70.4 Å². The molecule has 1 saturated heterocycles. The van der Waals surface area contributed by atoms with Crippen molar-refractivity contribution in [2.75, 3.05) is 6.54 Å². The van der Waals surface area contributed by atoms with E-state index in [9.17, 15) is 14.7 Å². The number of amides is 1. The Morgan fingerprint density at radius 1 is 1.13 bits per heavy atom. The monoisotopic (exact) mass is 419 g/mol. The summed E-state index contributed by atoms with van der Waals surface area (Å²) in [6.45, 7) is 4.74. The van der Waals surface area contributed by atoms with Crippen LogP contribution in [0.2, 0.25) is 0 Å². The topological polar surface area (TPSA) is 57.6 Å². The van der Waals surface area contributed by atoms with Crippen LogP contribution in [0.5, 0.6) is 0 Å². The van der Waals surface area contributed by atoms with Crippen molar-refractivity contribution in [3.63, 3.8) is 0 Å². The summed E-state index contributed by atoms with van der Waals surface area (Å²) in [4.78, 5) is 27.9. The van der Waals surface area contributed by atoms with E-state index in [2.05, 4.69) is 13.8 Å². The molecule has 4 rings (SSSR count). The van der Waals surface area contributed by atoms with E-state index < -0.39 is 5.60 Å². The summed E-state index contributed by atoms with van der Waals surface area (Å²) < 4.78 is 0. The van der Waals surface area contributed by atoms with Gasteiger partial charge < -0.3 is 10.0 Å². The number of aliphatic hydroxyl groups is 1. The molecule has 4 heteroatoms. The van der Waals surface area contributed by atoms with Gasteiger partial charge in [0.15, 0.2) is 5.78 Å². The molecule has 4 nitrogen and oxygen atoms in total. The Morgan fingerprint density at radius 2 is 1.90 bits per heavy atom. The molecule has 164 valence electrons. The molecule has 0 saturated carbocycles. The molecule has 2 aromatic carbocycles. The molecule has 2 aliphatic rings. The molecular weight excluding hydrogens is 386 g/mol. The minimum atomic E-state index is -0.930. The van der Waals surface area contributed by atoms with Gasteiger partial charge in [0.25, 0.3) is 5.91 Å². The second kappa shape index (κ2) is 8.96. The number of nitrogens with zero attached hydrogens (tertiary/aromatic N) is 1. The van der Waals surface area contributed by atoms with Gasteiger partial charge in [-0.15, -0.1) is 0 Å². The molecule has 1 amide bonds. The van der Waals surface area contributed by atoms with Gasteiger partial charge in [0.05, 0.1) is 5.60 Å². The van der Waals surface area contributed by atoms with Crippen molar-refractivity contribution in [2.24, 2.45) is 5.92 Å². The first-order valence-electron chi connectivity index (χ1n) is 11.7. The third kappa shape index (κ3) is 3.94. The predicted molar refractivity (Wildman–Crippen MR) is 122 cm³/mol. The maximum atomic E-state index is 13.6. The van der Waals surface area contributed by atoms with Gasteiger partial charge in [-0.25, -0.2) is 0 Å². The first-order valence-corrected chi connectivity index (χ1v) is 11.7. The van der Waals surface area contributed by atoms with E-state index in [1.165, 1.54) is 0 Å². The Morgan fingerprint density at radius 3 is 2.61 bits per heavy atom. The highest BCUT2D eigenvalue weighted by Crippen LogP contribution is 2.44. The van der Waals surface area contributed by atoms with Gasteiger partial charge in [0.2, 0.25) is 0 Å². The lowest BCUT2D eigenvalue weighted by atomic mass is 9.69. The lowest BCUT2D eigenvalue weighted by Crippen LogP contribution is -2.57. The number of hydrogen-bond donors (Lipinski definition) is 1. The predicted octanol–water partition coefficient (Wildman–Crippen LogP) is 5.13. The van der Waals surface area contributed by atoms with Crippen LogP contribution in [0.4, 0.5) is 0 Å². The Balaban J connectivity index is 1.66. The number of fused-ring (bicyclic) bond motifs is 1. The van der Waals surface area contributed by atoms with Crippen molar-refractivity contribution < 1.29 is 14.7 Å². The zero-order valence-corrected chi connectivity index (χ0v) is 18.6. The highest BCUT2D eigenvalue weighted by molar-refractivity contribution is 6.02. The summed E-state index contributed by atoms with van der Waals surface area (Å²) in [6.07, 6.45) is 5.47. The van der Waals surface area contributed by atoms with E-state index in [4.69, 9.17) is 0 Å². The fourth-order valence-electron chi connectivity index (χ4n) is 5.69. The van der Waals surface area contributed by atoms with E-state index in [0.29, 0.717) is 30.5 Å². The van der Waals surface area contributed by atoms with Crippen LogP contribution < -0.4 is 0 Å². The average molecular weight is 420 g/mol. The number of Topliss-reactive ketones (excluding diaryl/α,β-unsaturated/α-hetero) is 1. The van der Waals surface area contributed by atoms with Crippen molar-refractivity contribution in [1.29, 1.82) is 0 Å². The molecule has 1 aliphatic carbocycles. The second-order valence-corrected chi connectivity index (χ2v) is 9.06. The number of likely N-dealkylation sites (tertiary alicyclic amines) is 1. The van der Waals surface area contributed by atoms with Crippen LogP contribution in [0.15, 0.2) is 48.5 Å². The molecule has 1 aliphatic heterocycles. The van der Waals surface area contributed by atoms with Crippen LogP contribution in [0.25, 0.3) is 0 Å². The van der Waals surface area contributed by atoms with Crippen molar-refractivity contribution in [3.8, 4) is 0 Å². The molecule has 0 spiro atoms. The maximum absolute atomic E-state index is 13.6. The number of aryl methyl sites for hydroxylation is 1. The second-order valence-electron chi connectivity index (χ2n) is 9.06. The number of carbonyl (C=O) groups is 2. The minimum Gasteiger partial charge on any atom is -0.385 e. The third-order valence-corrected chi connectivity index (χ3v) is 7.27. The number of benzene rings is 2. The molecule has 3 atom stereocenters. The van der Waals surface area contributed by atoms with Crippen LogP contribution in [0, 0.1) is 5.92 Å². The van der Waals surface area contributed by atoms with Gasteiger partial charge in [0.1, 0.15) is 0 Å². The first kappa shape index (κ1) is 21.8. The molecule has 31 heavy (non-hydrogen) atoms. The van der Waals surface area contributed by atoms with Crippen molar-refractivity contribution in [1.82, 2.24) is 4.90 Å². The van der Waals surface area contributed by atoms with Crippen LogP contribution in [0.3, 0.4) is 0 Å². The fourth-order valence-corrected chi connectivity index (χ4v) is 5.69. The summed E-state index contributed by atoms with van der Waals surface area (Å²) >= 11 is 0. The van der Waals surface area contributed by atoms with E-state index >= 15 is 0 Å². The van der Waals surface area contributed by atoms with Gasteiger partial charge >= 0.3 is 0 Å². The first-order chi connectivity index (χ1) is 15.0. The maximum Gasteiger partial charge on any atom is 0.254 e. The molecular formula is C27H33NO3. The van der Waals surface area contributed by atoms with Gasteiger partial charge in [-0.05, 0) is 55.4 Å². The van der Waals surface area contributed by atoms with E-state index in [0.717, 1.165) is 43.2 Å². The highest BCUT2D eigenvalue weighted by Gasteiger charge is 2.48. The molecule has 0 bridgehead atoms. The molecule has 1 N–H and O–H groups in total. The fraction of sp³-hybridized carbons (Fsp3) is 0.481. The van der Waals surface area contributed by atoms with Gasteiger partial charge in [0, 0.05) is 36.1 Å². The van der Waals surface area contributed by atoms with Gasteiger partial charge in [-0.2, -0.15) is 0 Å². The minimum absolute atomic E-state index is 0.0239. The summed E-state index contributed by atoms with van der Waals surface area (Å²) in [6, 6.07) is 15.5. The Labute approximate surface area is 185 Å². The molecule has 1 fully saturated rings. The van der Waals surface area contributed by atoms with E-state index in [1.54, 1.807) is 6.07 Å². The molecule has 2 aromatic rings. The summed E-state index contributed by atoms with van der Waals surface area (Å²) in [5.74, 6) is 0.0926. The molecule has 0 unspecified atom stereocenters. The van der Waals surface area contributed by atoms with Gasteiger partial charge in [-0.3, -0.25) is 9.59 Å². The average Bonchev–Trinajstić information content (AvgIpc) is 2.80.